The molecule has 0 saturated carbocycles. The molecule has 0 saturated heterocycles. The van der Waals surface area contributed by atoms with Gasteiger partial charge in [0.05, 0.1) is 34.7 Å². The number of ether oxygens (including phenoxy) is 1. The maximum Gasteiger partial charge on any atom is 0.309 e. The quantitative estimate of drug-likeness (QED) is 0.432. The van der Waals surface area contributed by atoms with E-state index in [-0.39, 0.29) is 12.2 Å². The van der Waals surface area contributed by atoms with Crippen LogP contribution in [0.5, 0.6) is 0 Å². The number of carbonyl (C=O) groups excluding carboxylic acids is 2. The van der Waals surface area contributed by atoms with E-state index in [0.29, 0.717) is 6.42 Å². The summed E-state index contributed by atoms with van der Waals surface area (Å²) in [5.74, 6) is -1.49. The Kier molecular flexibility index (Phi) is 9.80. The van der Waals surface area contributed by atoms with E-state index in [9.17, 15) is 19.8 Å². The molecule has 0 spiro atoms. The van der Waals surface area contributed by atoms with E-state index in [4.69, 9.17) is 4.74 Å². The number of aliphatic hydroxyl groups is 2. The van der Waals surface area contributed by atoms with Gasteiger partial charge >= 0.3 is 5.97 Å². The van der Waals surface area contributed by atoms with E-state index in [0.717, 1.165) is 35.5 Å². The van der Waals surface area contributed by atoms with Crippen LogP contribution in [0.15, 0.2) is 23.1 Å². The van der Waals surface area contributed by atoms with Gasteiger partial charge in [-0.25, -0.2) is 4.98 Å². The molecular weight excluding hydrogens is 450 g/mol. The van der Waals surface area contributed by atoms with E-state index in [1.165, 1.54) is 0 Å². The Labute approximate surface area is 208 Å². The van der Waals surface area contributed by atoms with E-state index in [1.54, 1.807) is 32.1 Å². The Balaban J connectivity index is 2.31. The highest BCUT2D eigenvalue weighted by Gasteiger charge is 2.44. The SMILES string of the molecule is C/C(=C\c1csc(C)n1)[C@@H]1C/C=C/CCCC(C)(C)[C@@H](O)[C@H](C)C(=O)C(C)(C)[C@@H](O)CC(=O)O1. The second kappa shape index (κ2) is 11.7. The summed E-state index contributed by atoms with van der Waals surface area (Å²) in [6, 6.07) is 0. The first-order chi connectivity index (χ1) is 15.8. The summed E-state index contributed by atoms with van der Waals surface area (Å²) in [7, 11) is 0. The lowest BCUT2D eigenvalue weighted by atomic mass is 9.69. The fourth-order valence-electron chi connectivity index (χ4n) is 4.45. The van der Waals surface area contributed by atoms with Gasteiger partial charge in [0.1, 0.15) is 11.9 Å². The first-order valence-corrected chi connectivity index (χ1v) is 13.0. The van der Waals surface area contributed by atoms with Crippen LogP contribution < -0.4 is 0 Å². The Hall–Kier alpha value is -1.83. The first-order valence-electron chi connectivity index (χ1n) is 12.1. The van der Waals surface area contributed by atoms with Gasteiger partial charge in [0.2, 0.25) is 0 Å². The average Bonchev–Trinajstić information content (AvgIpc) is 3.17. The number of esters is 1. The summed E-state index contributed by atoms with van der Waals surface area (Å²) in [6.45, 7) is 12.8. The highest BCUT2D eigenvalue weighted by atomic mass is 32.1. The number of aromatic nitrogens is 1. The van der Waals surface area contributed by atoms with Crippen molar-refractivity contribution in [1.82, 2.24) is 4.98 Å². The second-order valence-corrected chi connectivity index (χ2v) is 11.8. The zero-order chi connectivity index (χ0) is 25.7. The highest BCUT2D eigenvalue weighted by molar-refractivity contribution is 7.09. The molecule has 6 nitrogen and oxygen atoms in total. The third-order valence-corrected chi connectivity index (χ3v) is 7.81. The predicted molar refractivity (Wildman–Crippen MR) is 136 cm³/mol. The summed E-state index contributed by atoms with van der Waals surface area (Å²) in [6.07, 6.45) is 6.13. The van der Waals surface area contributed by atoms with Crippen LogP contribution in [-0.4, -0.2) is 45.3 Å². The normalized spacial score (nSPS) is 30.6. The van der Waals surface area contributed by atoms with Gasteiger partial charge in [-0.1, -0.05) is 46.8 Å². The molecule has 4 atom stereocenters. The molecule has 1 aliphatic rings. The van der Waals surface area contributed by atoms with Crippen molar-refractivity contribution >= 4 is 29.2 Å². The van der Waals surface area contributed by atoms with Crippen LogP contribution in [-0.2, 0) is 14.3 Å². The van der Waals surface area contributed by atoms with Gasteiger partial charge in [-0.15, -0.1) is 11.3 Å². The number of ketones is 1. The van der Waals surface area contributed by atoms with Crippen molar-refractivity contribution in [2.45, 2.75) is 98.9 Å². The lowest BCUT2D eigenvalue weighted by Gasteiger charge is -2.38. The minimum atomic E-state index is -1.22. The molecule has 0 radical (unpaired) electrons. The number of aryl methyl sites for hydroxylation is 1. The Morgan fingerprint density at radius 2 is 1.88 bits per heavy atom. The van der Waals surface area contributed by atoms with E-state index in [1.807, 2.05) is 45.2 Å². The standard InChI is InChI=1S/C27H41NO5S/c1-17(14-20-16-34-19(3)28-20)21-12-10-8-9-11-13-26(4,5)24(31)18(2)25(32)27(6,7)22(29)15-23(30)33-21/h8,10,14,16,18,21-22,24,29,31H,9,11-13,15H2,1-7H3/b10-8+,17-14+/t18-,21-,22-,24-/m0/s1. The first kappa shape index (κ1) is 28.4. The van der Waals surface area contributed by atoms with Crippen LogP contribution >= 0.6 is 11.3 Å². The molecule has 0 aliphatic carbocycles. The third kappa shape index (κ3) is 7.33. The van der Waals surface area contributed by atoms with Gasteiger partial charge in [-0.2, -0.15) is 0 Å². The average molecular weight is 492 g/mol. The molecule has 0 fully saturated rings. The molecule has 0 bridgehead atoms. The van der Waals surface area contributed by atoms with Crippen molar-refractivity contribution in [2.24, 2.45) is 16.7 Å². The highest BCUT2D eigenvalue weighted by Crippen LogP contribution is 2.37. The summed E-state index contributed by atoms with van der Waals surface area (Å²) >= 11 is 1.56. The van der Waals surface area contributed by atoms with Crippen molar-refractivity contribution < 1.29 is 24.5 Å². The molecule has 34 heavy (non-hydrogen) atoms. The van der Waals surface area contributed by atoms with Crippen LogP contribution in [0, 0.1) is 23.7 Å². The summed E-state index contributed by atoms with van der Waals surface area (Å²) in [5.41, 5.74) is 0.0409. The molecule has 2 heterocycles. The number of rotatable bonds is 2. The monoisotopic (exact) mass is 491 g/mol. The number of aliphatic hydroxyl groups excluding tert-OH is 2. The number of carbonyl (C=O) groups is 2. The van der Waals surface area contributed by atoms with Gasteiger partial charge in [0, 0.05) is 17.7 Å². The van der Waals surface area contributed by atoms with Crippen LogP contribution in [0.25, 0.3) is 6.08 Å². The van der Waals surface area contributed by atoms with Crippen molar-refractivity contribution in [1.29, 1.82) is 0 Å². The molecule has 2 N–H and O–H groups in total. The van der Waals surface area contributed by atoms with Gasteiger partial charge in [-0.05, 0) is 50.2 Å². The van der Waals surface area contributed by atoms with Gasteiger partial charge in [0.25, 0.3) is 0 Å². The molecular formula is C27H41NO5S. The van der Waals surface area contributed by atoms with E-state index in [2.05, 4.69) is 11.1 Å². The van der Waals surface area contributed by atoms with Gasteiger partial charge in [0.15, 0.2) is 0 Å². The van der Waals surface area contributed by atoms with Crippen molar-refractivity contribution in [3.8, 4) is 0 Å². The van der Waals surface area contributed by atoms with Crippen molar-refractivity contribution in [3.63, 3.8) is 0 Å². The lowest BCUT2D eigenvalue weighted by molar-refractivity contribution is -0.154. The third-order valence-electron chi connectivity index (χ3n) is 7.02. The number of hydrogen-bond donors (Lipinski definition) is 2. The maximum absolute atomic E-state index is 13.3. The largest absolute Gasteiger partial charge is 0.457 e. The Bertz CT molecular complexity index is 914. The van der Waals surface area contributed by atoms with Crippen LogP contribution in [0.4, 0.5) is 0 Å². The van der Waals surface area contributed by atoms with Crippen LogP contribution in [0.2, 0.25) is 0 Å². The smallest absolute Gasteiger partial charge is 0.309 e. The predicted octanol–water partition coefficient (Wildman–Crippen LogP) is 5.27. The fourth-order valence-corrected chi connectivity index (χ4v) is 5.02. The van der Waals surface area contributed by atoms with Gasteiger partial charge in [-0.3, -0.25) is 9.59 Å². The summed E-state index contributed by atoms with van der Waals surface area (Å²) in [5, 5.41) is 24.7. The van der Waals surface area contributed by atoms with Crippen LogP contribution in [0.3, 0.4) is 0 Å². The van der Waals surface area contributed by atoms with Crippen LogP contribution in [0.1, 0.15) is 84.3 Å². The molecule has 190 valence electrons. The molecule has 0 amide bonds. The number of hydrogen-bond acceptors (Lipinski definition) is 7. The van der Waals surface area contributed by atoms with E-state index < -0.39 is 41.0 Å². The number of Topliss-reactive ketones (excluding diaryl/α,β-unsaturated/α-hetero) is 1. The second-order valence-electron chi connectivity index (χ2n) is 10.8. The zero-order valence-electron chi connectivity index (χ0n) is 21.6. The summed E-state index contributed by atoms with van der Waals surface area (Å²) in [4.78, 5) is 30.5. The molecule has 1 aliphatic heterocycles. The lowest BCUT2D eigenvalue weighted by Crippen LogP contribution is -2.47. The minimum absolute atomic E-state index is 0.258. The van der Waals surface area contributed by atoms with Crippen molar-refractivity contribution in [2.75, 3.05) is 0 Å². The molecule has 7 heteroatoms. The molecule has 2 rings (SSSR count). The fraction of sp³-hybridized carbons (Fsp3) is 0.667. The maximum atomic E-state index is 13.3. The number of nitrogens with zero attached hydrogens (tertiary/aromatic N) is 1. The number of thiazole rings is 1. The Morgan fingerprint density at radius 1 is 1.21 bits per heavy atom. The number of allylic oxidation sites excluding steroid dienone is 1. The molecule has 1 aromatic heterocycles. The van der Waals surface area contributed by atoms with Gasteiger partial charge < -0.3 is 14.9 Å². The Morgan fingerprint density at radius 3 is 2.50 bits per heavy atom. The molecule has 0 unspecified atom stereocenters. The summed E-state index contributed by atoms with van der Waals surface area (Å²) < 4.78 is 5.77. The topological polar surface area (TPSA) is 96.7 Å². The van der Waals surface area contributed by atoms with Crippen molar-refractivity contribution in [3.05, 3.63) is 33.8 Å². The zero-order valence-corrected chi connectivity index (χ0v) is 22.4. The molecule has 1 aromatic rings. The minimum Gasteiger partial charge on any atom is -0.457 e. The number of cyclic esters (lactones) is 1. The molecule has 0 aromatic carbocycles. The van der Waals surface area contributed by atoms with E-state index >= 15 is 0 Å².